The molecule has 2 N–H and O–H groups in total. The Balaban J connectivity index is 2.00. The van der Waals surface area contributed by atoms with Gasteiger partial charge in [-0.05, 0) is 17.7 Å². The zero-order valence-electron chi connectivity index (χ0n) is 9.09. The van der Waals surface area contributed by atoms with E-state index in [0.717, 1.165) is 38.4 Å². The second-order valence-electron chi connectivity index (χ2n) is 3.83. The first kappa shape index (κ1) is 11.9. The smallest absolute Gasteiger partial charge is 0.173 e. The molecule has 1 saturated heterocycles. The second kappa shape index (κ2) is 5.65. The Hall–Kier alpha value is -0.590. The summed E-state index contributed by atoms with van der Waals surface area (Å²) in [6.45, 7) is 4.37. The average Bonchev–Trinajstić information content (AvgIpc) is 2.30. The summed E-state index contributed by atoms with van der Waals surface area (Å²) < 4.78 is 16.4. The lowest BCUT2D eigenvalue weighted by atomic mass is 10.2. The van der Waals surface area contributed by atoms with Gasteiger partial charge in [0, 0.05) is 19.6 Å². The highest BCUT2D eigenvalue weighted by Gasteiger charge is 2.12. The summed E-state index contributed by atoms with van der Waals surface area (Å²) in [6, 6.07) is 7.63. The van der Waals surface area contributed by atoms with Crippen molar-refractivity contribution in [2.45, 2.75) is 11.4 Å². The number of nitrogens with two attached hydrogens (primary N) is 1. The fourth-order valence-electron chi connectivity index (χ4n) is 1.79. The van der Waals surface area contributed by atoms with Crippen LogP contribution in [0.3, 0.4) is 0 Å². The minimum absolute atomic E-state index is 0.686. The number of hydrogen-bond donors (Lipinski definition) is 1. The predicted molar refractivity (Wildman–Crippen MR) is 63.1 cm³/mol. The SMILES string of the molecule is N[S+]([O-])c1cccc(CN2CCOCC2)c1. The Kier molecular flexibility index (Phi) is 4.20. The van der Waals surface area contributed by atoms with Crippen LogP contribution in [0.2, 0.25) is 0 Å². The molecule has 1 atom stereocenters. The van der Waals surface area contributed by atoms with Gasteiger partial charge in [0.15, 0.2) is 4.90 Å². The Morgan fingerprint density at radius 3 is 2.81 bits per heavy atom. The largest absolute Gasteiger partial charge is 0.593 e. The van der Waals surface area contributed by atoms with Crippen LogP contribution in [-0.2, 0) is 22.6 Å². The van der Waals surface area contributed by atoms with E-state index < -0.39 is 11.4 Å². The van der Waals surface area contributed by atoms with Crippen LogP contribution in [0.25, 0.3) is 0 Å². The number of rotatable bonds is 3. The van der Waals surface area contributed by atoms with Crippen LogP contribution in [0, 0.1) is 0 Å². The molecule has 1 aliphatic heterocycles. The Morgan fingerprint density at radius 2 is 2.12 bits per heavy atom. The van der Waals surface area contributed by atoms with E-state index >= 15 is 0 Å². The van der Waals surface area contributed by atoms with Crippen molar-refractivity contribution in [1.29, 1.82) is 0 Å². The molecule has 4 nitrogen and oxygen atoms in total. The molecule has 1 fully saturated rings. The lowest BCUT2D eigenvalue weighted by molar-refractivity contribution is 0.0341. The van der Waals surface area contributed by atoms with Gasteiger partial charge >= 0.3 is 0 Å². The molecular weight excluding hydrogens is 224 g/mol. The van der Waals surface area contributed by atoms with Crippen LogP contribution >= 0.6 is 0 Å². The van der Waals surface area contributed by atoms with Crippen molar-refractivity contribution < 1.29 is 9.29 Å². The molecule has 2 rings (SSSR count). The predicted octanol–water partition coefficient (Wildman–Crippen LogP) is 0.500. The molecule has 1 aliphatic rings. The van der Waals surface area contributed by atoms with Gasteiger partial charge in [-0.25, -0.2) is 0 Å². The van der Waals surface area contributed by atoms with Gasteiger partial charge in [-0.1, -0.05) is 12.1 Å². The molecule has 0 bridgehead atoms. The standard InChI is InChI=1S/C11H16N2O2S/c12-16(14)11-3-1-2-10(8-11)9-13-4-6-15-7-5-13/h1-3,8H,4-7,9,12H2. The molecule has 1 unspecified atom stereocenters. The zero-order chi connectivity index (χ0) is 11.4. The summed E-state index contributed by atoms with van der Waals surface area (Å²) in [5.74, 6) is 0. The van der Waals surface area contributed by atoms with E-state index in [1.807, 2.05) is 18.2 Å². The quantitative estimate of drug-likeness (QED) is 0.782. The summed E-state index contributed by atoms with van der Waals surface area (Å²) in [6.07, 6.45) is 0. The van der Waals surface area contributed by atoms with E-state index in [4.69, 9.17) is 9.88 Å². The third kappa shape index (κ3) is 3.20. The molecule has 16 heavy (non-hydrogen) atoms. The minimum atomic E-state index is -1.39. The number of hydrogen-bond acceptors (Lipinski definition) is 4. The van der Waals surface area contributed by atoms with E-state index in [-0.39, 0.29) is 0 Å². The monoisotopic (exact) mass is 240 g/mol. The third-order valence-electron chi connectivity index (χ3n) is 2.64. The van der Waals surface area contributed by atoms with Crippen molar-refractivity contribution in [1.82, 2.24) is 4.90 Å². The van der Waals surface area contributed by atoms with Crippen molar-refractivity contribution in [2.75, 3.05) is 26.3 Å². The summed E-state index contributed by atoms with van der Waals surface area (Å²) >= 11 is -1.39. The number of nitrogens with zero attached hydrogens (tertiary/aromatic N) is 1. The highest BCUT2D eigenvalue weighted by Crippen LogP contribution is 2.12. The lowest BCUT2D eigenvalue weighted by Gasteiger charge is -2.26. The van der Waals surface area contributed by atoms with Crippen LogP contribution in [0.1, 0.15) is 5.56 Å². The minimum Gasteiger partial charge on any atom is -0.593 e. The van der Waals surface area contributed by atoms with Gasteiger partial charge in [0.05, 0.1) is 24.6 Å². The van der Waals surface area contributed by atoms with Crippen LogP contribution in [0.4, 0.5) is 0 Å². The number of benzene rings is 1. The van der Waals surface area contributed by atoms with Crippen molar-refractivity contribution in [3.05, 3.63) is 29.8 Å². The summed E-state index contributed by atoms with van der Waals surface area (Å²) in [4.78, 5) is 3.01. The van der Waals surface area contributed by atoms with E-state index in [1.54, 1.807) is 6.07 Å². The van der Waals surface area contributed by atoms with Gasteiger partial charge in [0.25, 0.3) is 0 Å². The third-order valence-corrected chi connectivity index (χ3v) is 3.36. The Morgan fingerprint density at radius 1 is 1.38 bits per heavy atom. The highest BCUT2D eigenvalue weighted by atomic mass is 32.2. The average molecular weight is 240 g/mol. The Labute approximate surface area is 98.7 Å². The Bertz CT molecular complexity index is 341. The topological polar surface area (TPSA) is 61.5 Å². The van der Waals surface area contributed by atoms with Crippen molar-refractivity contribution in [2.24, 2.45) is 5.14 Å². The normalized spacial score (nSPS) is 19.6. The first-order valence-electron chi connectivity index (χ1n) is 5.31. The fourth-order valence-corrected chi connectivity index (χ4v) is 2.27. The molecule has 0 aromatic heterocycles. The van der Waals surface area contributed by atoms with Gasteiger partial charge in [0.1, 0.15) is 0 Å². The van der Waals surface area contributed by atoms with Crippen molar-refractivity contribution in [3.63, 3.8) is 0 Å². The first-order valence-corrected chi connectivity index (χ1v) is 6.52. The number of morpholine rings is 1. The maximum Gasteiger partial charge on any atom is 0.173 e. The summed E-state index contributed by atoms with van der Waals surface area (Å²) in [5, 5.41) is 5.35. The van der Waals surface area contributed by atoms with Crippen molar-refractivity contribution in [3.8, 4) is 0 Å². The van der Waals surface area contributed by atoms with Gasteiger partial charge in [-0.3, -0.25) is 4.90 Å². The van der Waals surface area contributed by atoms with Crippen molar-refractivity contribution >= 4 is 11.4 Å². The maximum atomic E-state index is 11.1. The fraction of sp³-hybridized carbons (Fsp3) is 0.455. The molecule has 1 aromatic carbocycles. The second-order valence-corrected chi connectivity index (χ2v) is 4.90. The van der Waals surface area contributed by atoms with Gasteiger partial charge in [-0.2, -0.15) is 0 Å². The van der Waals surface area contributed by atoms with Crippen LogP contribution in [0.15, 0.2) is 29.2 Å². The molecule has 5 heteroatoms. The van der Waals surface area contributed by atoms with Gasteiger partial charge < -0.3 is 9.29 Å². The molecule has 1 heterocycles. The van der Waals surface area contributed by atoms with Crippen LogP contribution in [0.5, 0.6) is 0 Å². The zero-order valence-corrected chi connectivity index (χ0v) is 9.91. The van der Waals surface area contributed by atoms with E-state index in [2.05, 4.69) is 4.90 Å². The summed E-state index contributed by atoms with van der Waals surface area (Å²) in [5.41, 5.74) is 1.15. The number of ether oxygens (including phenoxy) is 1. The van der Waals surface area contributed by atoms with E-state index in [9.17, 15) is 4.55 Å². The molecular formula is C11H16N2O2S. The molecule has 0 radical (unpaired) electrons. The molecule has 0 aliphatic carbocycles. The van der Waals surface area contributed by atoms with Gasteiger partial charge in [-0.15, -0.1) is 5.14 Å². The molecule has 1 aromatic rings. The highest BCUT2D eigenvalue weighted by molar-refractivity contribution is 7.89. The van der Waals surface area contributed by atoms with E-state index in [1.165, 1.54) is 0 Å². The first-order chi connectivity index (χ1) is 7.75. The molecule has 0 spiro atoms. The molecule has 0 saturated carbocycles. The van der Waals surface area contributed by atoms with Gasteiger partial charge in [0.2, 0.25) is 0 Å². The van der Waals surface area contributed by atoms with Crippen LogP contribution < -0.4 is 5.14 Å². The molecule has 0 amide bonds. The molecule has 88 valence electrons. The summed E-state index contributed by atoms with van der Waals surface area (Å²) in [7, 11) is 0. The lowest BCUT2D eigenvalue weighted by Crippen LogP contribution is -2.35. The van der Waals surface area contributed by atoms with E-state index in [0.29, 0.717) is 4.90 Å². The maximum absolute atomic E-state index is 11.1. The van der Waals surface area contributed by atoms with Crippen LogP contribution in [-0.4, -0.2) is 35.8 Å².